The minimum atomic E-state index is 1.36. The van der Waals surface area contributed by atoms with Crippen molar-refractivity contribution >= 4 is 0 Å². The van der Waals surface area contributed by atoms with Gasteiger partial charge < -0.3 is 4.90 Å². The summed E-state index contributed by atoms with van der Waals surface area (Å²) in [5, 5.41) is 0. The van der Waals surface area contributed by atoms with Crippen molar-refractivity contribution in [2.75, 3.05) is 19.6 Å². The first kappa shape index (κ1) is 33.0. The number of hydrogen-bond acceptors (Lipinski definition) is 1. The van der Waals surface area contributed by atoms with Crippen molar-refractivity contribution in [3.8, 4) is 0 Å². The van der Waals surface area contributed by atoms with E-state index in [9.17, 15) is 0 Å². The summed E-state index contributed by atoms with van der Waals surface area (Å²) in [6.07, 6.45) is 37.6. The second-order valence-corrected chi connectivity index (χ2v) is 11.0. The molecule has 0 rings (SSSR count). The van der Waals surface area contributed by atoms with E-state index in [0.717, 1.165) is 0 Å². The van der Waals surface area contributed by atoms with E-state index in [1.54, 1.807) is 0 Å². The van der Waals surface area contributed by atoms with Crippen LogP contribution in [0.2, 0.25) is 0 Å². The summed E-state index contributed by atoms with van der Waals surface area (Å²) in [4.78, 5) is 2.83. The second kappa shape index (κ2) is 30.0. The second-order valence-electron chi connectivity index (χ2n) is 11.0. The van der Waals surface area contributed by atoms with E-state index < -0.39 is 0 Å². The van der Waals surface area contributed by atoms with Crippen LogP contribution in [0.1, 0.15) is 188 Å². The predicted octanol–water partition coefficient (Wildman–Crippen LogP) is 11.5. The van der Waals surface area contributed by atoms with Crippen LogP contribution in [0.25, 0.3) is 0 Å². The molecule has 0 aromatic heterocycles. The van der Waals surface area contributed by atoms with Crippen molar-refractivity contribution in [3.05, 3.63) is 0 Å². The maximum atomic E-state index is 2.83. The normalized spacial score (nSPS) is 11.6. The molecule has 33 heavy (non-hydrogen) atoms. The smallest absolute Gasteiger partial charge is 0.00187 e. The van der Waals surface area contributed by atoms with Crippen molar-refractivity contribution in [2.45, 2.75) is 188 Å². The number of unbranched alkanes of at least 4 members (excludes halogenated alkanes) is 23. The fraction of sp³-hybridized carbons (Fsp3) is 1.00. The Morgan fingerprint density at radius 2 is 0.424 bits per heavy atom. The third-order valence-corrected chi connectivity index (χ3v) is 7.48. The Balaban J connectivity index is 3.79. The Kier molecular flexibility index (Phi) is 30.0. The molecule has 0 amide bonds. The average Bonchev–Trinajstić information content (AvgIpc) is 2.83. The largest absolute Gasteiger partial charge is 0.303 e. The van der Waals surface area contributed by atoms with E-state index in [1.165, 1.54) is 187 Å². The van der Waals surface area contributed by atoms with Gasteiger partial charge in [-0.3, -0.25) is 0 Å². The Hall–Kier alpha value is -0.0400. The fourth-order valence-electron chi connectivity index (χ4n) is 5.10. The van der Waals surface area contributed by atoms with E-state index in [4.69, 9.17) is 0 Å². The van der Waals surface area contributed by atoms with Gasteiger partial charge >= 0.3 is 0 Å². The highest BCUT2D eigenvalue weighted by atomic mass is 15.1. The van der Waals surface area contributed by atoms with Crippen LogP contribution >= 0.6 is 0 Å². The molecule has 0 saturated carbocycles. The SMILES string of the molecule is CCCCCCCCCCCCN(CCCCCCCC)CCCCCCCCCCCC. The van der Waals surface area contributed by atoms with Crippen LogP contribution in [0.5, 0.6) is 0 Å². The zero-order valence-electron chi connectivity index (χ0n) is 24.0. The van der Waals surface area contributed by atoms with E-state index in [-0.39, 0.29) is 0 Å². The van der Waals surface area contributed by atoms with Gasteiger partial charge in [-0.1, -0.05) is 168 Å². The van der Waals surface area contributed by atoms with E-state index in [2.05, 4.69) is 25.7 Å². The monoisotopic (exact) mass is 466 g/mol. The van der Waals surface area contributed by atoms with Gasteiger partial charge in [-0.05, 0) is 38.9 Å². The standard InChI is InChI=1S/C32H67N/c1-4-7-10-13-16-18-20-22-25-28-31-33(30-27-24-15-12-9-6-3)32-29-26-23-21-19-17-14-11-8-5-2/h4-32H2,1-3H3. The Bertz CT molecular complexity index is 302. The summed E-state index contributed by atoms with van der Waals surface area (Å²) in [6, 6.07) is 0. The molecular weight excluding hydrogens is 398 g/mol. The summed E-state index contributed by atoms with van der Waals surface area (Å²) >= 11 is 0. The molecule has 0 aliphatic heterocycles. The molecule has 0 heterocycles. The molecule has 1 nitrogen and oxygen atoms in total. The van der Waals surface area contributed by atoms with Crippen molar-refractivity contribution in [1.82, 2.24) is 4.90 Å². The van der Waals surface area contributed by atoms with E-state index >= 15 is 0 Å². The van der Waals surface area contributed by atoms with Gasteiger partial charge in [0.05, 0.1) is 0 Å². The van der Waals surface area contributed by atoms with Crippen LogP contribution < -0.4 is 0 Å². The van der Waals surface area contributed by atoms with Crippen molar-refractivity contribution < 1.29 is 0 Å². The molecule has 0 aromatic carbocycles. The van der Waals surface area contributed by atoms with Gasteiger partial charge in [0.1, 0.15) is 0 Å². The first-order valence-corrected chi connectivity index (χ1v) is 16.1. The van der Waals surface area contributed by atoms with E-state index in [1.807, 2.05) is 0 Å². The molecule has 0 atom stereocenters. The topological polar surface area (TPSA) is 3.24 Å². The van der Waals surface area contributed by atoms with Crippen LogP contribution in [0.15, 0.2) is 0 Å². The molecule has 0 aromatic rings. The summed E-state index contributed by atoms with van der Waals surface area (Å²) in [5.74, 6) is 0. The molecule has 200 valence electrons. The molecule has 0 radical (unpaired) electrons. The van der Waals surface area contributed by atoms with Gasteiger partial charge in [0.2, 0.25) is 0 Å². The van der Waals surface area contributed by atoms with Crippen molar-refractivity contribution in [1.29, 1.82) is 0 Å². The molecule has 0 aliphatic carbocycles. The van der Waals surface area contributed by atoms with E-state index in [0.29, 0.717) is 0 Å². The lowest BCUT2D eigenvalue weighted by molar-refractivity contribution is 0.254. The molecule has 0 unspecified atom stereocenters. The van der Waals surface area contributed by atoms with Gasteiger partial charge in [-0.25, -0.2) is 0 Å². The van der Waals surface area contributed by atoms with Crippen LogP contribution in [0, 0.1) is 0 Å². The van der Waals surface area contributed by atoms with Crippen LogP contribution in [0.4, 0.5) is 0 Å². The van der Waals surface area contributed by atoms with Gasteiger partial charge in [-0.15, -0.1) is 0 Å². The lowest BCUT2D eigenvalue weighted by atomic mass is 10.1. The Morgan fingerprint density at radius 3 is 0.636 bits per heavy atom. The summed E-state index contributed by atoms with van der Waals surface area (Å²) in [6.45, 7) is 11.0. The quantitative estimate of drug-likeness (QED) is 0.0992. The average molecular weight is 466 g/mol. The zero-order valence-corrected chi connectivity index (χ0v) is 24.0. The molecule has 1 heteroatoms. The molecule has 0 bridgehead atoms. The van der Waals surface area contributed by atoms with Gasteiger partial charge in [0.25, 0.3) is 0 Å². The number of hydrogen-bond donors (Lipinski definition) is 0. The van der Waals surface area contributed by atoms with Crippen LogP contribution in [-0.4, -0.2) is 24.5 Å². The molecular formula is C32H67N. The predicted molar refractivity (Wildman–Crippen MR) is 154 cm³/mol. The number of nitrogens with zero attached hydrogens (tertiary/aromatic N) is 1. The van der Waals surface area contributed by atoms with Gasteiger partial charge in [-0.2, -0.15) is 0 Å². The highest BCUT2D eigenvalue weighted by molar-refractivity contribution is 4.61. The Morgan fingerprint density at radius 1 is 0.242 bits per heavy atom. The van der Waals surface area contributed by atoms with Gasteiger partial charge in [0.15, 0.2) is 0 Å². The highest BCUT2D eigenvalue weighted by Gasteiger charge is 2.05. The third kappa shape index (κ3) is 28.1. The van der Waals surface area contributed by atoms with Crippen LogP contribution in [-0.2, 0) is 0 Å². The highest BCUT2D eigenvalue weighted by Crippen LogP contribution is 2.14. The van der Waals surface area contributed by atoms with Crippen LogP contribution in [0.3, 0.4) is 0 Å². The lowest BCUT2D eigenvalue weighted by Crippen LogP contribution is -2.27. The van der Waals surface area contributed by atoms with Crippen molar-refractivity contribution in [2.24, 2.45) is 0 Å². The fourth-order valence-corrected chi connectivity index (χ4v) is 5.10. The maximum absolute atomic E-state index is 2.83. The Labute approximate surface area is 212 Å². The minimum Gasteiger partial charge on any atom is -0.303 e. The maximum Gasteiger partial charge on any atom is -0.00187 e. The van der Waals surface area contributed by atoms with Gasteiger partial charge in [0, 0.05) is 0 Å². The first-order chi connectivity index (χ1) is 16.3. The molecule has 0 N–H and O–H groups in total. The first-order valence-electron chi connectivity index (χ1n) is 16.1. The summed E-state index contributed by atoms with van der Waals surface area (Å²) < 4.78 is 0. The molecule has 0 aliphatic rings. The molecule has 0 fully saturated rings. The molecule has 0 saturated heterocycles. The molecule has 0 spiro atoms. The minimum absolute atomic E-state index is 1.36. The van der Waals surface area contributed by atoms with Crippen molar-refractivity contribution in [3.63, 3.8) is 0 Å². The number of rotatable bonds is 29. The summed E-state index contributed by atoms with van der Waals surface area (Å²) in [7, 11) is 0. The lowest BCUT2D eigenvalue weighted by Gasteiger charge is -2.22. The zero-order chi connectivity index (χ0) is 24.1. The summed E-state index contributed by atoms with van der Waals surface area (Å²) in [5.41, 5.74) is 0. The third-order valence-electron chi connectivity index (χ3n) is 7.48.